The number of aromatic nitrogens is 3. The maximum atomic E-state index is 12.0. The Morgan fingerprint density at radius 2 is 2.15 bits per heavy atom. The predicted molar refractivity (Wildman–Crippen MR) is 75.6 cm³/mol. The normalized spacial score (nSPS) is 10.2. The van der Waals surface area contributed by atoms with Gasteiger partial charge in [-0.05, 0) is 19.1 Å². The first-order valence-corrected chi connectivity index (χ1v) is 6.35. The number of nitrogens with zero attached hydrogens (tertiary/aromatic N) is 3. The topological polar surface area (TPSA) is 76.9 Å². The Hall–Kier alpha value is -2.50. The molecular weight excluding hydrogens is 256 g/mol. The molecule has 0 unspecified atom stereocenters. The van der Waals surface area contributed by atoms with E-state index in [1.165, 1.54) is 23.9 Å². The lowest BCUT2D eigenvalue weighted by Crippen LogP contribution is -2.27. The largest absolute Gasteiger partial charge is 0.365 e. The van der Waals surface area contributed by atoms with E-state index in [1.54, 1.807) is 6.20 Å². The highest BCUT2D eigenvalue weighted by atomic mass is 16.1. The molecule has 0 aliphatic heterocycles. The number of nitrogens with one attached hydrogen (secondary N) is 1. The zero-order chi connectivity index (χ0) is 14.4. The van der Waals surface area contributed by atoms with Crippen LogP contribution in [-0.2, 0) is 17.8 Å². The molecule has 1 N–H and O–H groups in total. The van der Waals surface area contributed by atoms with E-state index in [0.29, 0.717) is 13.0 Å². The molecule has 0 aliphatic carbocycles. The van der Waals surface area contributed by atoms with Gasteiger partial charge in [-0.3, -0.25) is 14.6 Å². The summed E-state index contributed by atoms with van der Waals surface area (Å²) in [7, 11) is 0. The molecule has 2 rings (SSSR count). The number of rotatable bonds is 6. The second kappa shape index (κ2) is 6.60. The Morgan fingerprint density at radius 3 is 2.85 bits per heavy atom. The quantitative estimate of drug-likeness (QED) is 0.844. The second-order valence-corrected chi connectivity index (χ2v) is 4.41. The molecule has 0 atom stereocenters. The summed E-state index contributed by atoms with van der Waals surface area (Å²) in [5.74, 6) is 0.183. The summed E-state index contributed by atoms with van der Waals surface area (Å²) in [6.45, 7) is 2.07. The van der Waals surface area contributed by atoms with Crippen LogP contribution in [0.1, 0.15) is 12.6 Å². The van der Waals surface area contributed by atoms with E-state index in [1.807, 2.05) is 18.2 Å². The van der Waals surface area contributed by atoms with Crippen LogP contribution < -0.4 is 10.9 Å². The van der Waals surface area contributed by atoms with Crippen LogP contribution >= 0.6 is 0 Å². The van der Waals surface area contributed by atoms with Crippen molar-refractivity contribution < 1.29 is 4.79 Å². The first-order valence-electron chi connectivity index (χ1n) is 6.35. The van der Waals surface area contributed by atoms with Gasteiger partial charge in [0.25, 0.3) is 5.56 Å². The number of hydrogen-bond acceptors (Lipinski definition) is 5. The highest BCUT2D eigenvalue weighted by molar-refractivity contribution is 5.75. The standard InChI is InChI=1S/C14H16N4O2/c1-11(19)10-18-9-8-17-13(14(18)20)16-7-5-12-4-2-3-6-15-12/h2-4,6,8-9H,5,7,10H2,1H3,(H,16,17). The summed E-state index contributed by atoms with van der Waals surface area (Å²) in [6, 6.07) is 5.70. The van der Waals surface area contributed by atoms with Gasteiger partial charge in [0.05, 0.1) is 6.54 Å². The third-order valence-corrected chi connectivity index (χ3v) is 2.71. The molecule has 0 radical (unpaired) electrons. The van der Waals surface area contributed by atoms with Crippen molar-refractivity contribution in [2.24, 2.45) is 0 Å². The molecule has 20 heavy (non-hydrogen) atoms. The molecule has 6 heteroatoms. The summed E-state index contributed by atoms with van der Waals surface area (Å²) in [5, 5.41) is 2.98. The van der Waals surface area contributed by atoms with Gasteiger partial charge in [0.2, 0.25) is 0 Å². The van der Waals surface area contributed by atoms with Crippen molar-refractivity contribution >= 4 is 11.6 Å². The van der Waals surface area contributed by atoms with Crippen molar-refractivity contribution in [2.45, 2.75) is 19.9 Å². The molecule has 2 heterocycles. The van der Waals surface area contributed by atoms with E-state index in [0.717, 1.165) is 5.69 Å². The second-order valence-electron chi connectivity index (χ2n) is 4.41. The summed E-state index contributed by atoms with van der Waals surface area (Å²) in [5.41, 5.74) is 0.656. The average molecular weight is 272 g/mol. The molecule has 6 nitrogen and oxygen atoms in total. The van der Waals surface area contributed by atoms with Crippen molar-refractivity contribution in [1.82, 2.24) is 14.5 Å². The van der Waals surface area contributed by atoms with E-state index in [4.69, 9.17) is 0 Å². The van der Waals surface area contributed by atoms with Crippen molar-refractivity contribution in [3.8, 4) is 0 Å². The van der Waals surface area contributed by atoms with Crippen molar-refractivity contribution in [2.75, 3.05) is 11.9 Å². The molecule has 2 aromatic heterocycles. The van der Waals surface area contributed by atoms with Crippen molar-refractivity contribution in [3.05, 3.63) is 52.8 Å². The molecule has 0 amide bonds. The smallest absolute Gasteiger partial charge is 0.293 e. The molecule has 0 aliphatic rings. The van der Waals surface area contributed by atoms with Crippen LogP contribution in [0.2, 0.25) is 0 Å². The van der Waals surface area contributed by atoms with Crippen LogP contribution in [0.3, 0.4) is 0 Å². The van der Waals surface area contributed by atoms with E-state index < -0.39 is 0 Å². The number of ketones is 1. The Morgan fingerprint density at radius 1 is 1.30 bits per heavy atom. The third-order valence-electron chi connectivity index (χ3n) is 2.71. The number of anilines is 1. The molecular formula is C14H16N4O2. The third kappa shape index (κ3) is 3.74. The van der Waals surface area contributed by atoms with E-state index in [2.05, 4.69) is 15.3 Å². The lowest BCUT2D eigenvalue weighted by atomic mass is 10.3. The van der Waals surface area contributed by atoms with Gasteiger partial charge in [-0.1, -0.05) is 6.07 Å². The van der Waals surface area contributed by atoms with Gasteiger partial charge in [0, 0.05) is 37.3 Å². The van der Waals surface area contributed by atoms with Gasteiger partial charge >= 0.3 is 0 Å². The molecule has 2 aromatic rings. The minimum absolute atomic E-state index is 0.0657. The average Bonchev–Trinajstić information content (AvgIpc) is 2.43. The highest BCUT2D eigenvalue weighted by Gasteiger charge is 2.05. The van der Waals surface area contributed by atoms with Crippen LogP contribution in [0.15, 0.2) is 41.6 Å². The van der Waals surface area contributed by atoms with Crippen LogP contribution in [0.4, 0.5) is 5.82 Å². The zero-order valence-corrected chi connectivity index (χ0v) is 11.2. The Balaban J connectivity index is 1.99. The van der Waals surface area contributed by atoms with Crippen molar-refractivity contribution in [3.63, 3.8) is 0 Å². The van der Waals surface area contributed by atoms with Gasteiger partial charge in [0.15, 0.2) is 5.82 Å². The summed E-state index contributed by atoms with van der Waals surface area (Å²) < 4.78 is 1.35. The number of carbonyl (C=O) groups excluding carboxylic acids is 1. The molecule has 0 saturated heterocycles. The van der Waals surface area contributed by atoms with Gasteiger partial charge in [0.1, 0.15) is 5.78 Å². The minimum atomic E-state index is -0.288. The van der Waals surface area contributed by atoms with Crippen LogP contribution in [0.25, 0.3) is 0 Å². The Bertz CT molecular complexity index is 637. The van der Waals surface area contributed by atoms with E-state index >= 15 is 0 Å². The van der Waals surface area contributed by atoms with Crippen molar-refractivity contribution in [1.29, 1.82) is 0 Å². The number of Topliss-reactive ketones (excluding diaryl/α,β-unsaturated/α-hetero) is 1. The summed E-state index contributed by atoms with van der Waals surface area (Å²) in [6.07, 6.45) is 5.45. The number of pyridine rings is 1. The zero-order valence-electron chi connectivity index (χ0n) is 11.2. The fourth-order valence-corrected chi connectivity index (χ4v) is 1.79. The maximum absolute atomic E-state index is 12.0. The van der Waals surface area contributed by atoms with Crippen LogP contribution in [-0.4, -0.2) is 26.9 Å². The number of hydrogen-bond donors (Lipinski definition) is 1. The fraction of sp³-hybridized carbons (Fsp3) is 0.286. The Labute approximate surface area is 116 Å². The van der Waals surface area contributed by atoms with Gasteiger partial charge in [-0.25, -0.2) is 4.98 Å². The maximum Gasteiger partial charge on any atom is 0.293 e. The summed E-state index contributed by atoms with van der Waals surface area (Å²) in [4.78, 5) is 31.3. The highest BCUT2D eigenvalue weighted by Crippen LogP contribution is 1.97. The molecule has 0 bridgehead atoms. The summed E-state index contributed by atoms with van der Waals surface area (Å²) >= 11 is 0. The van der Waals surface area contributed by atoms with Crippen LogP contribution in [0.5, 0.6) is 0 Å². The molecule has 0 spiro atoms. The van der Waals surface area contributed by atoms with Gasteiger partial charge in [-0.2, -0.15) is 0 Å². The van der Waals surface area contributed by atoms with E-state index in [9.17, 15) is 9.59 Å². The SMILES string of the molecule is CC(=O)Cn1ccnc(NCCc2ccccn2)c1=O. The lowest BCUT2D eigenvalue weighted by Gasteiger charge is -2.07. The molecule has 104 valence electrons. The predicted octanol–water partition coefficient (Wildman–Crippen LogP) is 0.882. The van der Waals surface area contributed by atoms with Gasteiger partial charge in [-0.15, -0.1) is 0 Å². The molecule has 0 fully saturated rings. The minimum Gasteiger partial charge on any atom is -0.365 e. The fourth-order valence-electron chi connectivity index (χ4n) is 1.79. The Kier molecular flexibility index (Phi) is 4.60. The van der Waals surface area contributed by atoms with E-state index in [-0.39, 0.29) is 23.7 Å². The monoisotopic (exact) mass is 272 g/mol. The first kappa shape index (κ1) is 13.9. The number of carbonyl (C=O) groups is 1. The van der Waals surface area contributed by atoms with Gasteiger partial charge < -0.3 is 9.88 Å². The molecule has 0 saturated carbocycles. The molecule has 0 aromatic carbocycles. The lowest BCUT2D eigenvalue weighted by molar-refractivity contribution is -0.117. The first-order chi connectivity index (χ1) is 9.66. The van der Waals surface area contributed by atoms with Crippen LogP contribution in [0, 0.1) is 0 Å².